The molecule has 0 unspecified atom stereocenters. The molecule has 0 amide bonds. The number of pyridine rings is 1. The van der Waals surface area contributed by atoms with E-state index in [4.69, 9.17) is 16.6 Å². The Labute approximate surface area is 123 Å². The first-order chi connectivity index (χ1) is 9.83. The largest absolute Gasteiger partial charge is 0.309 e. The van der Waals surface area contributed by atoms with Crippen LogP contribution in [0, 0.1) is 0 Å². The van der Waals surface area contributed by atoms with Gasteiger partial charge in [-0.05, 0) is 30.2 Å². The van der Waals surface area contributed by atoms with Crippen LogP contribution in [0.5, 0.6) is 0 Å². The van der Waals surface area contributed by atoms with Crippen molar-refractivity contribution < 1.29 is 0 Å². The molecule has 3 aromatic rings. The highest BCUT2D eigenvalue weighted by Gasteiger charge is 2.12. The van der Waals surface area contributed by atoms with Crippen molar-refractivity contribution in [2.24, 2.45) is 0 Å². The Hall–Kier alpha value is -1.87. The van der Waals surface area contributed by atoms with Crippen molar-refractivity contribution in [2.75, 3.05) is 0 Å². The first-order valence-corrected chi connectivity index (χ1v) is 7.33. The summed E-state index contributed by atoms with van der Waals surface area (Å²) in [6.07, 6.45) is 2.86. The fourth-order valence-electron chi connectivity index (χ4n) is 2.41. The molecule has 20 heavy (non-hydrogen) atoms. The van der Waals surface area contributed by atoms with Gasteiger partial charge in [0.2, 0.25) is 0 Å². The van der Waals surface area contributed by atoms with Gasteiger partial charge in [-0.3, -0.25) is 0 Å². The van der Waals surface area contributed by atoms with Gasteiger partial charge < -0.3 is 4.57 Å². The quantitative estimate of drug-likeness (QED) is 0.671. The van der Waals surface area contributed by atoms with Crippen molar-refractivity contribution in [2.45, 2.75) is 25.8 Å². The predicted octanol–water partition coefficient (Wildman–Crippen LogP) is 4.25. The first-order valence-electron chi connectivity index (χ1n) is 6.80. The molecule has 2 aromatic heterocycles. The smallest absolute Gasteiger partial charge is 0.160 e. The molecule has 4 heteroatoms. The van der Waals surface area contributed by atoms with E-state index >= 15 is 0 Å². The molecule has 0 N–H and O–H groups in total. The lowest BCUT2D eigenvalue weighted by Crippen LogP contribution is -2.01. The third kappa shape index (κ3) is 2.29. The first kappa shape index (κ1) is 13.1. The Kier molecular flexibility index (Phi) is 3.70. The molecule has 0 spiro atoms. The molecule has 0 atom stereocenters. The monoisotopic (exact) mass is 285 g/mol. The molecule has 0 fully saturated rings. The third-order valence-corrected chi connectivity index (χ3v) is 3.60. The predicted molar refractivity (Wildman–Crippen MR) is 82.8 cm³/mol. The summed E-state index contributed by atoms with van der Waals surface area (Å²) in [5, 5.41) is 0. The average molecular weight is 286 g/mol. The Morgan fingerprint density at radius 1 is 1.20 bits per heavy atom. The molecular weight excluding hydrogens is 270 g/mol. The highest BCUT2D eigenvalue weighted by Crippen LogP contribution is 2.25. The van der Waals surface area contributed by atoms with Gasteiger partial charge in [0.1, 0.15) is 11.3 Å². The number of aromatic nitrogens is 3. The van der Waals surface area contributed by atoms with Crippen LogP contribution in [-0.2, 0) is 12.4 Å². The minimum atomic E-state index is 0.514. The Morgan fingerprint density at radius 2 is 2.10 bits per heavy atom. The number of nitrogens with zero attached hydrogens (tertiary/aromatic N) is 3. The van der Waals surface area contributed by atoms with Crippen molar-refractivity contribution >= 4 is 22.8 Å². The number of benzene rings is 1. The van der Waals surface area contributed by atoms with Gasteiger partial charge in [-0.1, -0.05) is 25.1 Å². The number of fused-ring (bicyclic) bond motifs is 1. The molecule has 0 aliphatic rings. The van der Waals surface area contributed by atoms with Crippen LogP contribution >= 0.6 is 11.6 Å². The summed E-state index contributed by atoms with van der Waals surface area (Å²) >= 11 is 5.93. The SMILES string of the molecule is CCCn1c(-c2cccc(CCl)c2)nc2cccnc21. The second-order valence-electron chi connectivity index (χ2n) is 4.77. The normalized spacial score (nSPS) is 11.1. The molecule has 3 nitrogen and oxygen atoms in total. The van der Waals surface area contributed by atoms with E-state index in [1.165, 1.54) is 0 Å². The van der Waals surface area contributed by atoms with E-state index < -0.39 is 0 Å². The maximum Gasteiger partial charge on any atom is 0.160 e. The summed E-state index contributed by atoms with van der Waals surface area (Å²) in [6, 6.07) is 12.1. The Balaban J connectivity index is 2.21. The van der Waals surface area contributed by atoms with Gasteiger partial charge in [0.25, 0.3) is 0 Å². The molecule has 0 saturated heterocycles. The summed E-state index contributed by atoms with van der Waals surface area (Å²) in [7, 11) is 0. The number of rotatable bonds is 4. The van der Waals surface area contributed by atoms with E-state index in [1.807, 2.05) is 30.5 Å². The lowest BCUT2D eigenvalue weighted by molar-refractivity contribution is 0.698. The Morgan fingerprint density at radius 3 is 2.90 bits per heavy atom. The van der Waals surface area contributed by atoms with Crippen LogP contribution < -0.4 is 0 Å². The number of imidazole rings is 1. The summed E-state index contributed by atoms with van der Waals surface area (Å²) in [5.74, 6) is 1.48. The number of hydrogen-bond acceptors (Lipinski definition) is 2. The third-order valence-electron chi connectivity index (χ3n) is 3.29. The second-order valence-corrected chi connectivity index (χ2v) is 5.03. The van der Waals surface area contributed by atoms with Crippen LogP contribution in [0.4, 0.5) is 0 Å². The second kappa shape index (κ2) is 5.63. The van der Waals surface area contributed by atoms with E-state index in [2.05, 4.69) is 28.6 Å². The maximum absolute atomic E-state index is 5.93. The van der Waals surface area contributed by atoms with Crippen molar-refractivity contribution in [1.82, 2.24) is 14.5 Å². The van der Waals surface area contributed by atoms with Crippen LogP contribution in [0.15, 0.2) is 42.6 Å². The molecule has 102 valence electrons. The van der Waals surface area contributed by atoms with E-state index in [-0.39, 0.29) is 0 Å². The van der Waals surface area contributed by atoms with Gasteiger partial charge in [-0.15, -0.1) is 11.6 Å². The van der Waals surface area contributed by atoms with Crippen LogP contribution in [0.1, 0.15) is 18.9 Å². The lowest BCUT2D eigenvalue weighted by atomic mass is 10.1. The Bertz CT molecular complexity index is 733. The van der Waals surface area contributed by atoms with E-state index in [0.29, 0.717) is 5.88 Å². The summed E-state index contributed by atoms with van der Waals surface area (Å²) in [6.45, 7) is 3.07. The van der Waals surface area contributed by atoms with Gasteiger partial charge in [-0.25, -0.2) is 9.97 Å². The summed E-state index contributed by atoms with van der Waals surface area (Å²) < 4.78 is 2.18. The van der Waals surface area contributed by atoms with Crippen molar-refractivity contribution in [3.8, 4) is 11.4 Å². The van der Waals surface area contributed by atoms with Gasteiger partial charge in [0, 0.05) is 24.2 Å². The molecule has 0 aliphatic heterocycles. The van der Waals surface area contributed by atoms with Crippen LogP contribution in [0.3, 0.4) is 0 Å². The fraction of sp³-hybridized carbons (Fsp3) is 0.250. The zero-order chi connectivity index (χ0) is 13.9. The minimum Gasteiger partial charge on any atom is -0.309 e. The van der Waals surface area contributed by atoms with E-state index in [9.17, 15) is 0 Å². The van der Waals surface area contributed by atoms with Crippen LogP contribution in [0.25, 0.3) is 22.6 Å². The minimum absolute atomic E-state index is 0.514. The van der Waals surface area contributed by atoms with E-state index in [0.717, 1.165) is 41.1 Å². The van der Waals surface area contributed by atoms with Gasteiger partial charge >= 0.3 is 0 Å². The molecular formula is C16H16ClN3. The summed E-state index contributed by atoms with van der Waals surface area (Å²) in [5.41, 5.74) is 4.08. The highest BCUT2D eigenvalue weighted by molar-refractivity contribution is 6.17. The standard InChI is InChI=1S/C16H16ClN3/c1-2-9-20-15(13-6-3-5-12(10-13)11-17)19-14-7-4-8-18-16(14)20/h3-8,10H,2,9,11H2,1H3. The van der Waals surface area contributed by atoms with Crippen molar-refractivity contribution in [3.05, 3.63) is 48.2 Å². The van der Waals surface area contributed by atoms with Gasteiger partial charge in [0.05, 0.1) is 0 Å². The zero-order valence-electron chi connectivity index (χ0n) is 11.4. The van der Waals surface area contributed by atoms with Crippen molar-refractivity contribution in [1.29, 1.82) is 0 Å². The molecule has 0 bridgehead atoms. The molecule has 0 aliphatic carbocycles. The number of alkyl halides is 1. The van der Waals surface area contributed by atoms with Crippen LogP contribution in [0.2, 0.25) is 0 Å². The molecule has 2 heterocycles. The fourth-order valence-corrected chi connectivity index (χ4v) is 2.57. The lowest BCUT2D eigenvalue weighted by Gasteiger charge is -2.07. The molecule has 1 aromatic carbocycles. The number of aryl methyl sites for hydroxylation is 1. The van der Waals surface area contributed by atoms with E-state index in [1.54, 1.807) is 0 Å². The van der Waals surface area contributed by atoms with Gasteiger partial charge in [0.15, 0.2) is 5.65 Å². The molecule has 0 radical (unpaired) electrons. The average Bonchev–Trinajstić information content (AvgIpc) is 2.87. The maximum atomic E-state index is 5.93. The van der Waals surface area contributed by atoms with Crippen molar-refractivity contribution in [3.63, 3.8) is 0 Å². The summed E-state index contributed by atoms with van der Waals surface area (Å²) in [4.78, 5) is 9.20. The number of hydrogen-bond donors (Lipinski definition) is 0. The number of halogens is 1. The molecule has 0 saturated carbocycles. The topological polar surface area (TPSA) is 30.7 Å². The zero-order valence-corrected chi connectivity index (χ0v) is 12.1. The van der Waals surface area contributed by atoms with Gasteiger partial charge in [-0.2, -0.15) is 0 Å². The highest BCUT2D eigenvalue weighted by atomic mass is 35.5. The molecule has 3 rings (SSSR count). The van der Waals surface area contributed by atoms with Crippen LogP contribution in [-0.4, -0.2) is 14.5 Å².